The number of aryl methyl sites for hydroxylation is 2. The maximum atomic E-state index is 12.0. The van der Waals surface area contributed by atoms with Gasteiger partial charge in [0.05, 0.1) is 12.6 Å². The third-order valence-electron chi connectivity index (χ3n) is 4.48. The maximum Gasteiger partial charge on any atom is 0.329 e. The molecule has 9 heteroatoms. The Labute approximate surface area is 137 Å². The molecule has 0 radical (unpaired) electrons. The van der Waals surface area contributed by atoms with Gasteiger partial charge in [-0.1, -0.05) is 0 Å². The second-order valence-corrected chi connectivity index (χ2v) is 5.97. The van der Waals surface area contributed by atoms with Gasteiger partial charge in [0.25, 0.3) is 5.56 Å². The highest BCUT2D eigenvalue weighted by Gasteiger charge is 2.17. The van der Waals surface area contributed by atoms with E-state index in [1.807, 2.05) is 16.9 Å². The zero-order chi connectivity index (χ0) is 17.4. The first-order valence-electron chi connectivity index (χ1n) is 7.77. The van der Waals surface area contributed by atoms with Gasteiger partial charge in [-0.3, -0.25) is 19.0 Å². The van der Waals surface area contributed by atoms with Crippen LogP contribution in [0.4, 0.5) is 0 Å². The molecule has 0 amide bonds. The summed E-state index contributed by atoms with van der Waals surface area (Å²) in [5.74, 6) is 0.691. The summed E-state index contributed by atoms with van der Waals surface area (Å²) in [5, 5.41) is 7.65. The minimum Gasteiger partial charge on any atom is -0.324 e. The molecule has 24 heavy (non-hydrogen) atoms. The summed E-state index contributed by atoms with van der Waals surface area (Å²) in [5.41, 5.74) is -0.115. The number of rotatable bonds is 5. The van der Waals surface area contributed by atoms with E-state index in [-0.39, 0.29) is 12.1 Å². The van der Waals surface area contributed by atoms with E-state index in [0.29, 0.717) is 23.5 Å². The summed E-state index contributed by atoms with van der Waals surface area (Å²) < 4.78 is 4.95. The van der Waals surface area contributed by atoms with Crippen LogP contribution in [-0.4, -0.2) is 34.9 Å². The van der Waals surface area contributed by atoms with Crippen molar-refractivity contribution in [2.75, 3.05) is 0 Å². The van der Waals surface area contributed by atoms with Crippen molar-refractivity contribution in [3.63, 3.8) is 0 Å². The zero-order valence-electron chi connectivity index (χ0n) is 14.1. The van der Waals surface area contributed by atoms with Crippen LogP contribution in [0.2, 0.25) is 0 Å². The maximum absolute atomic E-state index is 12.0. The molecule has 0 fully saturated rings. The lowest BCUT2D eigenvalue weighted by Gasteiger charge is -2.21. The molecule has 2 N–H and O–H groups in total. The molecule has 2 atom stereocenters. The SMILES string of the molecule is C[C@@H](NCc1nc2c(c(=O)[nH]c(=O)n2C)n1C)[C@H](C)n1cccn1. The second-order valence-electron chi connectivity index (χ2n) is 5.97. The van der Waals surface area contributed by atoms with Crippen LogP contribution in [0.15, 0.2) is 28.0 Å². The molecule has 0 saturated carbocycles. The van der Waals surface area contributed by atoms with Crippen molar-refractivity contribution in [2.45, 2.75) is 32.5 Å². The Morgan fingerprint density at radius 1 is 1.25 bits per heavy atom. The summed E-state index contributed by atoms with van der Waals surface area (Å²) in [6.45, 7) is 4.62. The Bertz CT molecular complexity index is 964. The van der Waals surface area contributed by atoms with Gasteiger partial charge < -0.3 is 9.88 Å². The number of hydrogen-bond acceptors (Lipinski definition) is 5. The fraction of sp³-hybridized carbons (Fsp3) is 0.467. The standard InChI is InChI=1S/C15H21N7O2/c1-9(10(2)22-7-5-6-17-22)16-8-11-18-13-12(20(11)3)14(23)19-15(24)21(13)4/h5-7,9-10,16H,8H2,1-4H3,(H,19,23,24)/t9-,10+/m1/s1. The lowest BCUT2D eigenvalue weighted by Crippen LogP contribution is -2.34. The van der Waals surface area contributed by atoms with Gasteiger partial charge in [0.2, 0.25) is 0 Å². The highest BCUT2D eigenvalue weighted by Crippen LogP contribution is 2.12. The average molecular weight is 331 g/mol. The van der Waals surface area contributed by atoms with Crippen LogP contribution in [0.25, 0.3) is 11.2 Å². The first-order valence-corrected chi connectivity index (χ1v) is 7.77. The molecular formula is C15H21N7O2. The van der Waals surface area contributed by atoms with Gasteiger partial charge in [0.1, 0.15) is 5.82 Å². The molecule has 0 aliphatic carbocycles. The Morgan fingerprint density at radius 2 is 2.00 bits per heavy atom. The van der Waals surface area contributed by atoms with Crippen LogP contribution in [0, 0.1) is 0 Å². The minimum absolute atomic E-state index is 0.145. The molecule has 0 spiro atoms. The third kappa shape index (κ3) is 2.67. The predicted molar refractivity (Wildman–Crippen MR) is 89.8 cm³/mol. The number of fused-ring (bicyclic) bond motifs is 1. The lowest BCUT2D eigenvalue weighted by molar-refractivity contribution is 0.361. The van der Waals surface area contributed by atoms with Crippen molar-refractivity contribution < 1.29 is 0 Å². The fourth-order valence-electron chi connectivity index (χ4n) is 2.68. The summed E-state index contributed by atoms with van der Waals surface area (Å²) in [6, 6.07) is 2.20. The van der Waals surface area contributed by atoms with Crippen LogP contribution in [0.5, 0.6) is 0 Å². The van der Waals surface area contributed by atoms with Gasteiger partial charge in [-0.25, -0.2) is 9.78 Å². The van der Waals surface area contributed by atoms with Crippen molar-refractivity contribution in [1.29, 1.82) is 0 Å². The number of imidazole rings is 1. The molecule has 3 aromatic rings. The van der Waals surface area contributed by atoms with Gasteiger partial charge in [-0.05, 0) is 19.9 Å². The Balaban J connectivity index is 1.85. The highest BCUT2D eigenvalue weighted by atomic mass is 16.2. The van der Waals surface area contributed by atoms with Crippen LogP contribution < -0.4 is 16.6 Å². The fourth-order valence-corrected chi connectivity index (χ4v) is 2.68. The molecule has 0 aliphatic rings. The third-order valence-corrected chi connectivity index (χ3v) is 4.48. The van der Waals surface area contributed by atoms with Crippen molar-refractivity contribution in [3.05, 3.63) is 45.1 Å². The van der Waals surface area contributed by atoms with E-state index in [9.17, 15) is 9.59 Å². The Hall–Kier alpha value is -2.68. The molecule has 3 rings (SSSR count). The van der Waals surface area contributed by atoms with E-state index in [1.165, 1.54) is 4.57 Å². The molecule has 3 aromatic heterocycles. The number of aromatic nitrogens is 6. The Morgan fingerprint density at radius 3 is 2.67 bits per heavy atom. The van der Waals surface area contributed by atoms with Crippen LogP contribution in [0.1, 0.15) is 25.7 Å². The number of aromatic amines is 1. The zero-order valence-corrected chi connectivity index (χ0v) is 14.1. The molecule has 9 nitrogen and oxygen atoms in total. The first kappa shape index (κ1) is 16.2. The molecule has 128 valence electrons. The van der Waals surface area contributed by atoms with Gasteiger partial charge >= 0.3 is 5.69 Å². The molecule has 3 heterocycles. The smallest absolute Gasteiger partial charge is 0.324 e. The summed E-state index contributed by atoms with van der Waals surface area (Å²) in [4.78, 5) is 30.5. The predicted octanol–water partition coefficient (Wildman–Crippen LogP) is -0.104. The van der Waals surface area contributed by atoms with Crippen LogP contribution >= 0.6 is 0 Å². The topological polar surface area (TPSA) is 103 Å². The molecular weight excluding hydrogens is 310 g/mol. The number of nitrogens with zero attached hydrogens (tertiary/aromatic N) is 5. The van der Waals surface area contributed by atoms with Gasteiger partial charge in [0, 0.05) is 32.5 Å². The second kappa shape index (κ2) is 6.08. The normalized spacial score (nSPS) is 14.2. The van der Waals surface area contributed by atoms with Crippen molar-refractivity contribution in [1.82, 2.24) is 34.2 Å². The largest absolute Gasteiger partial charge is 0.329 e. The summed E-state index contributed by atoms with van der Waals surface area (Å²) in [7, 11) is 3.36. The van der Waals surface area contributed by atoms with Crippen molar-refractivity contribution >= 4 is 11.2 Å². The number of nitrogens with one attached hydrogen (secondary N) is 2. The minimum atomic E-state index is -0.467. The van der Waals surface area contributed by atoms with Gasteiger partial charge in [-0.2, -0.15) is 5.10 Å². The Kier molecular flexibility index (Phi) is 4.10. The molecule has 0 bridgehead atoms. The van der Waals surface area contributed by atoms with E-state index >= 15 is 0 Å². The highest BCUT2D eigenvalue weighted by molar-refractivity contribution is 5.70. The molecule has 0 saturated heterocycles. The van der Waals surface area contributed by atoms with E-state index in [4.69, 9.17) is 0 Å². The van der Waals surface area contributed by atoms with Crippen LogP contribution in [-0.2, 0) is 20.6 Å². The monoisotopic (exact) mass is 331 g/mol. The van der Waals surface area contributed by atoms with Gasteiger partial charge in [-0.15, -0.1) is 0 Å². The molecule has 0 aromatic carbocycles. The van der Waals surface area contributed by atoms with Crippen molar-refractivity contribution in [3.8, 4) is 0 Å². The lowest BCUT2D eigenvalue weighted by atomic mass is 10.2. The van der Waals surface area contributed by atoms with Gasteiger partial charge in [0.15, 0.2) is 11.2 Å². The van der Waals surface area contributed by atoms with Crippen molar-refractivity contribution in [2.24, 2.45) is 14.1 Å². The van der Waals surface area contributed by atoms with E-state index in [2.05, 4.69) is 34.2 Å². The van der Waals surface area contributed by atoms with E-state index < -0.39 is 11.2 Å². The first-order chi connectivity index (χ1) is 11.4. The number of H-pyrrole nitrogens is 1. The molecule has 0 aliphatic heterocycles. The van der Waals surface area contributed by atoms with E-state index in [1.54, 1.807) is 24.9 Å². The quantitative estimate of drug-likeness (QED) is 0.679. The summed E-state index contributed by atoms with van der Waals surface area (Å²) >= 11 is 0. The number of hydrogen-bond donors (Lipinski definition) is 2. The van der Waals surface area contributed by atoms with Crippen LogP contribution in [0.3, 0.4) is 0 Å². The van der Waals surface area contributed by atoms with E-state index in [0.717, 1.165) is 0 Å². The summed E-state index contributed by atoms with van der Waals surface area (Å²) in [6.07, 6.45) is 3.68. The molecule has 0 unspecified atom stereocenters. The average Bonchev–Trinajstić information content (AvgIpc) is 3.18.